The van der Waals surface area contributed by atoms with Gasteiger partial charge in [-0.2, -0.15) is 0 Å². The van der Waals surface area contributed by atoms with Crippen molar-refractivity contribution in [3.05, 3.63) is 52.8 Å². The van der Waals surface area contributed by atoms with Gasteiger partial charge in [-0.15, -0.1) is 11.8 Å². The Balaban J connectivity index is 1.64. The molecule has 1 aliphatic heterocycles. The number of aryl methyl sites for hydroxylation is 2. The lowest BCUT2D eigenvalue weighted by Crippen LogP contribution is -2.40. The summed E-state index contributed by atoms with van der Waals surface area (Å²) in [5, 5.41) is 8.40. The molecule has 0 atom stereocenters. The Morgan fingerprint density at radius 3 is 2.96 bits per heavy atom. The minimum atomic E-state index is 0.490. The first-order valence-electron chi connectivity index (χ1n) is 9.06. The Kier molecular flexibility index (Phi) is 7.02. The maximum absolute atomic E-state index is 5.90. The molecule has 2 N–H and O–H groups in total. The van der Waals surface area contributed by atoms with Crippen molar-refractivity contribution in [1.82, 2.24) is 20.6 Å². The Labute approximate surface area is 169 Å². The zero-order chi connectivity index (χ0) is 19.8. The van der Waals surface area contributed by atoms with E-state index in [2.05, 4.69) is 37.3 Å². The molecule has 0 aromatic carbocycles. The molecule has 1 aliphatic rings. The summed E-state index contributed by atoms with van der Waals surface area (Å²) in [6, 6.07) is 9.40. The van der Waals surface area contributed by atoms with E-state index >= 15 is 0 Å². The molecule has 2 aromatic rings. The second-order valence-corrected chi connectivity index (χ2v) is 7.02. The SMILES string of the molecule is C=N/C(=C\SCNC1=NCCCN1)c1cccc(Oc2ccc(C)nc2C)n1. The maximum Gasteiger partial charge on any atom is 0.219 e. The number of nitrogens with zero attached hydrogens (tertiary/aromatic N) is 4. The van der Waals surface area contributed by atoms with E-state index in [-0.39, 0.29) is 0 Å². The van der Waals surface area contributed by atoms with Gasteiger partial charge in [0.1, 0.15) is 0 Å². The smallest absolute Gasteiger partial charge is 0.219 e. The van der Waals surface area contributed by atoms with Crippen molar-refractivity contribution in [2.75, 3.05) is 19.0 Å². The topological polar surface area (TPSA) is 83.8 Å². The number of aromatic nitrogens is 2. The van der Waals surface area contributed by atoms with Gasteiger partial charge in [-0.3, -0.25) is 15.0 Å². The lowest BCUT2D eigenvalue weighted by molar-refractivity contribution is 0.456. The van der Waals surface area contributed by atoms with Crippen LogP contribution in [0, 0.1) is 13.8 Å². The van der Waals surface area contributed by atoms with Crippen LogP contribution in [0.5, 0.6) is 11.6 Å². The molecule has 0 unspecified atom stereocenters. The molecule has 0 bridgehead atoms. The van der Waals surface area contributed by atoms with Gasteiger partial charge in [0, 0.05) is 30.3 Å². The Hall–Kier alpha value is -2.87. The van der Waals surface area contributed by atoms with E-state index < -0.39 is 0 Å². The molecule has 0 saturated carbocycles. The van der Waals surface area contributed by atoms with Gasteiger partial charge in [0.2, 0.25) is 5.88 Å². The molecule has 2 aromatic heterocycles. The third-order valence-electron chi connectivity index (χ3n) is 3.96. The van der Waals surface area contributed by atoms with E-state index in [0.29, 0.717) is 28.9 Å². The predicted octanol–water partition coefficient (Wildman–Crippen LogP) is 3.51. The van der Waals surface area contributed by atoms with Crippen molar-refractivity contribution in [2.24, 2.45) is 9.98 Å². The number of thioether (sulfide) groups is 1. The molecule has 0 spiro atoms. The molecule has 28 heavy (non-hydrogen) atoms. The van der Waals surface area contributed by atoms with Crippen LogP contribution < -0.4 is 15.4 Å². The number of nitrogens with one attached hydrogen (secondary N) is 2. The van der Waals surface area contributed by atoms with Crippen LogP contribution in [0.1, 0.15) is 23.5 Å². The van der Waals surface area contributed by atoms with Crippen LogP contribution in [0.4, 0.5) is 0 Å². The van der Waals surface area contributed by atoms with Crippen LogP contribution >= 0.6 is 11.8 Å². The number of pyridine rings is 2. The molecule has 0 saturated heterocycles. The van der Waals surface area contributed by atoms with Crippen molar-refractivity contribution in [3.8, 4) is 11.6 Å². The third kappa shape index (κ3) is 5.56. The van der Waals surface area contributed by atoms with Gasteiger partial charge in [0.05, 0.1) is 23.0 Å². The van der Waals surface area contributed by atoms with Crippen molar-refractivity contribution in [2.45, 2.75) is 20.3 Å². The summed E-state index contributed by atoms with van der Waals surface area (Å²) in [5.74, 6) is 2.70. The van der Waals surface area contributed by atoms with Gasteiger partial charge in [-0.25, -0.2) is 4.98 Å². The molecular formula is C20H24N6OS. The lowest BCUT2D eigenvalue weighted by Gasteiger charge is -2.15. The van der Waals surface area contributed by atoms with E-state index in [4.69, 9.17) is 4.74 Å². The Morgan fingerprint density at radius 1 is 1.32 bits per heavy atom. The van der Waals surface area contributed by atoms with Crippen LogP contribution in [-0.2, 0) is 0 Å². The lowest BCUT2D eigenvalue weighted by atomic mass is 10.3. The summed E-state index contributed by atoms with van der Waals surface area (Å²) in [7, 11) is 0. The molecular weight excluding hydrogens is 372 g/mol. The predicted molar refractivity (Wildman–Crippen MR) is 116 cm³/mol. The highest BCUT2D eigenvalue weighted by Gasteiger charge is 2.08. The summed E-state index contributed by atoms with van der Waals surface area (Å²) in [4.78, 5) is 17.4. The zero-order valence-corrected chi connectivity index (χ0v) is 16.9. The molecule has 0 amide bonds. The second kappa shape index (κ2) is 9.89. The van der Waals surface area contributed by atoms with E-state index in [1.54, 1.807) is 11.8 Å². The van der Waals surface area contributed by atoms with Crippen LogP contribution in [0.25, 0.3) is 5.70 Å². The average molecular weight is 397 g/mol. The van der Waals surface area contributed by atoms with Crippen molar-refractivity contribution in [1.29, 1.82) is 0 Å². The van der Waals surface area contributed by atoms with E-state index in [9.17, 15) is 0 Å². The van der Waals surface area contributed by atoms with Gasteiger partial charge < -0.3 is 15.4 Å². The molecule has 3 rings (SSSR count). The highest BCUT2D eigenvalue weighted by atomic mass is 32.2. The summed E-state index contributed by atoms with van der Waals surface area (Å²) in [5.41, 5.74) is 3.17. The minimum absolute atomic E-state index is 0.490. The number of rotatable bonds is 7. The molecule has 8 heteroatoms. The first-order valence-corrected chi connectivity index (χ1v) is 10.1. The Morgan fingerprint density at radius 2 is 2.21 bits per heavy atom. The molecule has 146 valence electrons. The van der Waals surface area contributed by atoms with Crippen LogP contribution in [0.3, 0.4) is 0 Å². The zero-order valence-electron chi connectivity index (χ0n) is 16.1. The molecule has 3 heterocycles. The van der Waals surface area contributed by atoms with Crippen LogP contribution in [0.2, 0.25) is 0 Å². The first-order chi connectivity index (χ1) is 13.7. The largest absolute Gasteiger partial charge is 0.437 e. The third-order valence-corrected chi connectivity index (χ3v) is 4.66. The summed E-state index contributed by atoms with van der Waals surface area (Å²) in [6.45, 7) is 9.35. The monoisotopic (exact) mass is 396 g/mol. The van der Waals surface area contributed by atoms with Crippen molar-refractivity contribution < 1.29 is 4.74 Å². The normalized spacial score (nSPS) is 14.1. The quantitative estimate of drug-likeness (QED) is 0.423. The molecule has 0 radical (unpaired) electrons. The fraction of sp³-hybridized carbons (Fsp3) is 0.300. The average Bonchev–Trinajstić information content (AvgIpc) is 2.71. The van der Waals surface area contributed by atoms with E-state index in [0.717, 1.165) is 36.9 Å². The van der Waals surface area contributed by atoms with Gasteiger partial charge in [-0.05, 0) is 45.2 Å². The number of guanidine groups is 1. The number of ether oxygens (including phenoxy) is 1. The minimum Gasteiger partial charge on any atom is -0.437 e. The van der Waals surface area contributed by atoms with Gasteiger partial charge in [0.15, 0.2) is 11.7 Å². The first kappa shape index (κ1) is 19.9. The molecule has 0 fully saturated rings. The van der Waals surface area contributed by atoms with E-state index in [1.165, 1.54) is 0 Å². The highest BCUT2D eigenvalue weighted by molar-refractivity contribution is 8.02. The van der Waals surface area contributed by atoms with Crippen molar-refractivity contribution in [3.63, 3.8) is 0 Å². The van der Waals surface area contributed by atoms with Gasteiger partial charge >= 0.3 is 0 Å². The van der Waals surface area contributed by atoms with E-state index in [1.807, 2.05) is 49.6 Å². The number of hydrogen-bond acceptors (Lipinski definition) is 8. The second-order valence-electron chi connectivity index (χ2n) is 6.16. The standard InChI is InChI=1S/C20H24N6OS/c1-14-8-9-18(15(2)25-14)27-19-7-4-6-16(26-19)17(21-3)12-28-13-24-20-22-10-5-11-23-20/h4,6-9,12H,3,5,10-11,13H2,1-2H3,(H2,22,23,24)/b17-12-. The van der Waals surface area contributed by atoms with Gasteiger partial charge in [-0.1, -0.05) is 6.07 Å². The Bertz CT molecular complexity index is 896. The van der Waals surface area contributed by atoms with Crippen LogP contribution in [-0.4, -0.2) is 41.6 Å². The summed E-state index contributed by atoms with van der Waals surface area (Å²) >= 11 is 1.57. The number of hydrogen-bond donors (Lipinski definition) is 2. The molecule has 7 nitrogen and oxygen atoms in total. The molecule has 0 aliphatic carbocycles. The fourth-order valence-electron chi connectivity index (χ4n) is 2.57. The fourth-order valence-corrected chi connectivity index (χ4v) is 3.23. The number of aliphatic imine (C=N–C) groups is 2. The summed E-state index contributed by atoms with van der Waals surface area (Å²) in [6.07, 6.45) is 1.07. The van der Waals surface area contributed by atoms with Crippen LogP contribution in [0.15, 0.2) is 45.7 Å². The van der Waals surface area contributed by atoms with Gasteiger partial charge in [0.25, 0.3) is 0 Å². The van der Waals surface area contributed by atoms with Crippen molar-refractivity contribution >= 4 is 30.1 Å². The maximum atomic E-state index is 5.90. The summed E-state index contributed by atoms with van der Waals surface area (Å²) < 4.78 is 5.90. The highest BCUT2D eigenvalue weighted by Crippen LogP contribution is 2.25.